The van der Waals surface area contributed by atoms with Crippen LogP contribution in [0.15, 0.2) is 0 Å². The number of hydrogen-bond acceptors (Lipinski definition) is 4. The number of ketones is 1. The summed E-state index contributed by atoms with van der Waals surface area (Å²) >= 11 is 0. The summed E-state index contributed by atoms with van der Waals surface area (Å²) in [7, 11) is 0. The van der Waals surface area contributed by atoms with Crippen LogP contribution in [0.5, 0.6) is 0 Å². The average molecular weight is 318 g/mol. The van der Waals surface area contributed by atoms with E-state index in [2.05, 4.69) is 15.2 Å². The molecule has 0 aromatic carbocycles. The number of rotatable bonds is 3. The van der Waals surface area contributed by atoms with Gasteiger partial charge in [-0.2, -0.15) is 0 Å². The van der Waals surface area contributed by atoms with Gasteiger partial charge in [-0.05, 0) is 32.8 Å². The molecule has 0 bridgehead atoms. The smallest absolute Gasteiger partial charge is 0.270 e. The average Bonchev–Trinajstić information content (AvgIpc) is 3.12. The summed E-state index contributed by atoms with van der Waals surface area (Å²) in [6.07, 6.45) is 1.03. The lowest BCUT2D eigenvalue weighted by atomic mass is 10.1. The van der Waals surface area contributed by atoms with Gasteiger partial charge in [-0.3, -0.25) is 14.5 Å². The quantitative estimate of drug-likeness (QED) is 0.815. The van der Waals surface area contributed by atoms with Crippen molar-refractivity contribution in [3.63, 3.8) is 0 Å². The highest BCUT2D eigenvalue weighted by atomic mass is 16.2. The first-order valence-corrected chi connectivity index (χ1v) is 8.43. The molecule has 2 aliphatic rings. The van der Waals surface area contributed by atoms with Gasteiger partial charge in [-0.1, -0.05) is 0 Å². The van der Waals surface area contributed by atoms with Crippen LogP contribution < -0.4 is 5.32 Å². The molecule has 1 amide bonds. The summed E-state index contributed by atoms with van der Waals surface area (Å²) in [5, 5.41) is 3.37. The van der Waals surface area contributed by atoms with Gasteiger partial charge in [-0.25, -0.2) is 0 Å². The highest BCUT2D eigenvalue weighted by Crippen LogP contribution is 2.23. The fourth-order valence-electron chi connectivity index (χ4n) is 3.92. The predicted octanol–water partition coefficient (Wildman–Crippen LogP) is 0.954. The molecular formula is C17H26N4O2. The van der Waals surface area contributed by atoms with Gasteiger partial charge in [0.1, 0.15) is 5.69 Å². The summed E-state index contributed by atoms with van der Waals surface area (Å²) in [6, 6.07) is 0.463. The molecule has 6 nitrogen and oxygen atoms in total. The zero-order valence-corrected chi connectivity index (χ0v) is 14.2. The number of likely N-dealkylation sites (tertiary alicyclic amines) is 1. The zero-order valence-electron chi connectivity index (χ0n) is 14.2. The molecule has 2 aliphatic heterocycles. The molecule has 3 heterocycles. The summed E-state index contributed by atoms with van der Waals surface area (Å²) in [4.78, 5) is 32.1. The second-order valence-corrected chi connectivity index (χ2v) is 6.66. The van der Waals surface area contributed by atoms with Gasteiger partial charge < -0.3 is 15.2 Å². The van der Waals surface area contributed by atoms with Crippen molar-refractivity contribution < 1.29 is 9.59 Å². The Hall–Kier alpha value is -1.66. The number of carbonyl (C=O) groups excluding carboxylic acids is 2. The maximum Gasteiger partial charge on any atom is 0.270 e. The van der Waals surface area contributed by atoms with Crippen molar-refractivity contribution >= 4 is 11.7 Å². The Morgan fingerprint density at radius 1 is 1.13 bits per heavy atom. The van der Waals surface area contributed by atoms with Crippen LogP contribution in [-0.2, 0) is 0 Å². The fraction of sp³-hybridized carbons (Fsp3) is 0.647. The van der Waals surface area contributed by atoms with Crippen molar-refractivity contribution in [3.05, 3.63) is 22.5 Å². The van der Waals surface area contributed by atoms with Gasteiger partial charge in [0, 0.05) is 56.6 Å². The normalized spacial score (nSPS) is 22.6. The monoisotopic (exact) mass is 318 g/mol. The predicted molar refractivity (Wildman–Crippen MR) is 89.0 cm³/mol. The summed E-state index contributed by atoms with van der Waals surface area (Å²) < 4.78 is 0. The standard InChI is InChI=1S/C17H26N4O2/c1-11-15(13(3)22)12(2)19-16(11)17(23)21-7-4-14(10-21)20-8-5-18-6-9-20/h14,18-19H,4-10H2,1-3H3. The van der Waals surface area contributed by atoms with E-state index >= 15 is 0 Å². The summed E-state index contributed by atoms with van der Waals surface area (Å²) in [6.45, 7) is 11.0. The van der Waals surface area contributed by atoms with Crippen LogP contribution in [-0.4, -0.2) is 71.8 Å². The van der Waals surface area contributed by atoms with E-state index < -0.39 is 0 Å². The first-order valence-electron chi connectivity index (χ1n) is 8.43. The zero-order chi connectivity index (χ0) is 16.6. The van der Waals surface area contributed by atoms with Crippen molar-refractivity contribution in [2.45, 2.75) is 33.2 Å². The number of aromatic amines is 1. The number of nitrogens with zero attached hydrogens (tertiary/aromatic N) is 2. The molecule has 1 atom stereocenters. The summed E-state index contributed by atoms with van der Waals surface area (Å²) in [5.41, 5.74) is 2.81. The number of piperazine rings is 1. The molecule has 2 fully saturated rings. The Kier molecular flexibility index (Phi) is 4.55. The number of carbonyl (C=O) groups is 2. The Balaban J connectivity index is 1.72. The number of aryl methyl sites for hydroxylation is 1. The maximum atomic E-state index is 12.8. The highest BCUT2D eigenvalue weighted by Gasteiger charge is 2.33. The fourth-order valence-corrected chi connectivity index (χ4v) is 3.92. The molecule has 1 aromatic heterocycles. The highest BCUT2D eigenvalue weighted by molar-refractivity contribution is 6.02. The topological polar surface area (TPSA) is 68.4 Å². The van der Waals surface area contributed by atoms with Crippen molar-refractivity contribution in [2.75, 3.05) is 39.3 Å². The SMILES string of the molecule is CC(=O)c1c(C)[nH]c(C(=O)N2CCC(N3CCNCC3)C2)c1C. The third kappa shape index (κ3) is 3.05. The minimum absolute atomic E-state index is 0.00964. The molecule has 2 N–H and O–H groups in total. The molecule has 0 radical (unpaired) electrons. The third-order valence-corrected chi connectivity index (χ3v) is 5.12. The Morgan fingerprint density at radius 2 is 1.83 bits per heavy atom. The Labute approximate surface area is 137 Å². The lowest BCUT2D eigenvalue weighted by Gasteiger charge is -2.32. The number of hydrogen-bond donors (Lipinski definition) is 2. The maximum absolute atomic E-state index is 12.8. The van der Waals surface area contributed by atoms with Crippen LogP contribution in [0.25, 0.3) is 0 Å². The molecule has 6 heteroatoms. The van der Waals surface area contributed by atoms with Gasteiger partial charge in [0.05, 0.1) is 0 Å². The molecule has 23 heavy (non-hydrogen) atoms. The Bertz CT molecular complexity index is 616. The van der Waals surface area contributed by atoms with Crippen LogP contribution >= 0.6 is 0 Å². The molecular weight excluding hydrogens is 292 g/mol. The lowest BCUT2D eigenvalue weighted by Crippen LogP contribution is -2.49. The molecule has 1 aromatic rings. The molecule has 2 saturated heterocycles. The number of amides is 1. The molecule has 0 aliphatic carbocycles. The largest absolute Gasteiger partial charge is 0.354 e. The van der Waals surface area contributed by atoms with E-state index in [-0.39, 0.29) is 11.7 Å². The van der Waals surface area contributed by atoms with Crippen molar-refractivity contribution in [1.82, 2.24) is 20.1 Å². The van der Waals surface area contributed by atoms with Crippen LogP contribution in [0.4, 0.5) is 0 Å². The molecule has 126 valence electrons. The number of Topliss-reactive ketones (excluding diaryl/α,β-unsaturated/α-hetero) is 1. The molecule has 3 rings (SSSR count). The minimum atomic E-state index is 0.00964. The molecule has 1 unspecified atom stereocenters. The number of aromatic nitrogens is 1. The molecule has 0 saturated carbocycles. The van der Waals surface area contributed by atoms with Crippen molar-refractivity contribution in [2.24, 2.45) is 0 Å². The van der Waals surface area contributed by atoms with Gasteiger partial charge in [0.15, 0.2) is 5.78 Å². The molecule has 0 spiro atoms. The summed E-state index contributed by atoms with van der Waals surface area (Å²) in [5.74, 6) is 0.0335. The minimum Gasteiger partial charge on any atom is -0.354 e. The first kappa shape index (κ1) is 16.2. The van der Waals surface area contributed by atoms with Gasteiger partial charge in [-0.15, -0.1) is 0 Å². The van der Waals surface area contributed by atoms with Crippen LogP contribution in [0.3, 0.4) is 0 Å². The van der Waals surface area contributed by atoms with E-state index in [1.165, 1.54) is 0 Å². The van der Waals surface area contributed by atoms with Crippen LogP contribution in [0.2, 0.25) is 0 Å². The van der Waals surface area contributed by atoms with Gasteiger partial charge in [0.2, 0.25) is 0 Å². The lowest BCUT2D eigenvalue weighted by molar-refractivity contribution is 0.0767. The van der Waals surface area contributed by atoms with Crippen molar-refractivity contribution in [1.29, 1.82) is 0 Å². The van der Waals surface area contributed by atoms with Gasteiger partial charge in [0.25, 0.3) is 5.91 Å². The van der Waals surface area contributed by atoms with E-state index in [1.807, 2.05) is 18.7 Å². The van der Waals surface area contributed by atoms with Crippen LogP contribution in [0.1, 0.15) is 45.4 Å². The van der Waals surface area contributed by atoms with E-state index in [1.54, 1.807) is 6.92 Å². The van der Waals surface area contributed by atoms with E-state index in [0.29, 0.717) is 17.3 Å². The van der Waals surface area contributed by atoms with Gasteiger partial charge >= 0.3 is 0 Å². The second-order valence-electron chi connectivity index (χ2n) is 6.66. The third-order valence-electron chi connectivity index (χ3n) is 5.12. The number of H-pyrrole nitrogens is 1. The first-order chi connectivity index (χ1) is 11.0. The van der Waals surface area contributed by atoms with Crippen molar-refractivity contribution in [3.8, 4) is 0 Å². The number of nitrogens with one attached hydrogen (secondary N) is 2. The van der Waals surface area contributed by atoms with E-state index in [4.69, 9.17) is 0 Å². The van der Waals surface area contributed by atoms with E-state index in [9.17, 15) is 9.59 Å². The Morgan fingerprint density at radius 3 is 2.43 bits per heavy atom. The van der Waals surface area contributed by atoms with E-state index in [0.717, 1.165) is 56.9 Å². The van der Waals surface area contributed by atoms with Crippen LogP contribution in [0, 0.1) is 13.8 Å². The second kappa shape index (κ2) is 6.45.